The van der Waals surface area contributed by atoms with E-state index in [2.05, 4.69) is 45.2 Å². The lowest BCUT2D eigenvalue weighted by Gasteiger charge is -2.08. The zero-order valence-corrected chi connectivity index (χ0v) is 20.2. The first-order valence-electron chi connectivity index (χ1n) is 11.5. The van der Waals surface area contributed by atoms with Crippen LogP contribution in [0.4, 0.5) is 4.39 Å². The summed E-state index contributed by atoms with van der Waals surface area (Å²) in [5.41, 5.74) is 14.7. The summed E-state index contributed by atoms with van der Waals surface area (Å²) in [5.74, 6) is 0.244. The van der Waals surface area contributed by atoms with E-state index in [4.69, 9.17) is 0 Å². The Morgan fingerprint density at radius 1 is 1.21 bits per heavy atom. The topological polar surface area (TPSA) is 61.9 Å². The lowest BCUT2D eigenvalue weighted by atomic mass is 10.0. The largest absolute Gasteiger partial charge is 0.328 e. The summed E-state index contributed by atoms with van der Waals surface area (Å²) in [6.07, 6.45) is 12.0. The van der Waals surface area contributed by atoms with E-state index >= 15 is 0 Å². The second-order valence-corrected chi connectivity index (χ2v) is 8.01. The SMILES string of the molecule is CC.CNCc1cnc(-c2ccnc(C)c2)c(C)c1.FC1=C(C2=CNNC2)C2CC2=CC=C1.[HH]. The maximum Gasteiger partial charge on any atom is 0.127 e. The van der Waals surface area contributed by atoms with Gasteiger partial charge < -0.3 is 10.7 Å². The summed E-state index contributed by atoms with van der Waals surface area (Å²) in [7, 11) is 1.94. The van der Waals surface area contributed by atoms with Crippen LogP contribution in [0.5, 0.6) is 0 Å². The maximum absolute atomic E-state index is 13.7. The molecule has 1 saturated carbocycles. The van der Waals surface area contributed by atoms with Gasteiger partial charge in [0.15, 0.2) is 0 Å². The van der Waals surface area contributed by atoms with Gasteiger partial charge in [-0.25, -0.2) is 9.82 Å². The molecule has 176 valence electrons. The average Bonchev–Trinajstić information content (AvgIpc) is 3.39. The van der Waals surface area contributed by atoms with Gasteiger partial charge in [-0.1, -0.05) is 37.6 Å². The number of aromatic nitrogens is 2. The van der Waals surface area contributed by atoms with E-state index in [1.165, 1.54) is 16.7 Å². The van der Waals surface area contributed by atoms with Crippen LogP contribution in [0.25, 0.3) is 11.3 Å². The molecule has 0 radical (unpaired) electrons. The van der Waals surface area contributed by atoms with E-state index in [0.29, 0.717) is 12.5 Å². The third-order valence-corrected chi connectivity index (χ3v) is 5.55. The molecule has 3 aliphatic rings. The smallest absolute Gasteiger partial charge is 0.127 e. The summed E-state index contributed by atoms with van der Waals surface area (Å²) >= 11 is 0. The fourth-order valence-corrected chi connectivity index (χ4v) is 3.98. The van der Waals surface area contributed by atoms with Crippen LogP contribution in [0.15, 0.2) is 77.6 Å². The van der Waals surface area contributed by atoms with Crippen molar-refractivity contribution in [1.29, 1.82) is 0 Å². The van der Waals surface area contributed by atoms with Crippen LogP contribution >= 0.6 is 0 Å². The van der Waals surface area contributed by atoms with Gasteiger partial charge in [-0.3, -0.25) is 9.97 Å². The molecule has 33 heavy (non-hydrogen) atoms. The minimum absolute atomic E-state index is 0. The highest BCUT2D eigenvalue weighted by Gasteiger charge is 2.37. The predicted octanol–water partition coefficient (Wildman–Crippen LogP) is 5.47. The van der Waals surface area contributed by atoms with Crippen LogP contribution < -0.4 is 16.2 Å². The second kappa shape index (κ2) is 11.7. The van der Waals surface area contributed by atoms with Gasteiger partial charge in [0.2, 0.25) is 0 Å². The van der Waals surface area contributed by atoms with Crippen molar-refractivity contribution in [3.05, 3.63) is 94.4 Å². The molecule has 1 fully saturated rings. The number of nitrogens with zero attached hydrogens (tertiary/aromatic N) is 2. The standard InChI is InChI=1S/C14H17N3.C11H11FN2.C2H6.H2/c1-10-6-12(8-15-3)9-17-14(10)13-4-5-16-11(2)7-13;12-10-3-1-2-7-4-9(7)11(10)8-5-13-14-6-8;1-2;/h4-7,9,15H,8H2,1-3H3;1-3,5,9,13-14H,4,6H2;1-2H3;1H. The molecule has 1 aliphatic heterocycles. The first kappa shape index (κ1) is 24.6. The first-order chi connectivity index (χ1) is 16.1. The van der Waals surface area contributed by atoms with Crippen LogP contribution in [0, 0.1) is 19.8 Å². The van der Waals surface area contributed by atoms with Crippen molar-refractivity contribution in [3.8, 4) is 11.3 Å². The van der Waals surface area contributed by atoms with E-state index in [9.17, 15) is 4.39 Å². The summed E-state index contributed by atoms with van der Waals surface area (Å²) in [6, 6.07) is 6.24. The molecular weight excluding hydrogens is 413 g/mol. The van der Waals surface area contributed by atoms with Gasteiger partial charge in [-0.05, 0) is 62.2 Å². The number of rotatable bonds is 4. The lowest BCUT2D eigenvalue weighted by molar-refractivity contribution is 0.645. The van der Waals surface area contributed by atoms with Gasteiger partial charge in [0, 0.05) is 55.9 Å². The Bertz CT molecular complexity index is 1100. The molecular formula is C27H36FN5. The monoisotopic (exact) mass is 449 g/mol. The number of hydrazine groups is 1. The molecule has 2 aliphatic carbocycles. The van der Waals surface area contributed by atoms with E-state index in [-0.39, 0.29) is 7.25 Å². The Labute approximate surface area is 198 Å². The molecule has 0 spiro atoms. The van der Waals surface area contributed by atoms with E-state index < -0.39 is 0 Å². The van der Waals surface area contributed by atoms with Crippen molar-refractivity contribution in [3.63, 3.8) is 0 Å². The molecule has 5 nitrogen and oxygen atoms in total. The third-order valence-electron chi connectivity index (χ3n) is 5.55. The number of nitrogens with one attached hydrogen (secondary N) is 3. The van der Waals surface area contributed by atoms with Gasteiger partial charge in [0.1, 0.15) is 5.83 Å². The number of pyridine rings is 2. The Morgan fingerprint density at radius 2 is 2.03 bits per heavy atom. The molecule has 5 rings (SSSR count). The zero-order chi connectivity index (χ0) is 23.8. The van der Waals surface area contributed by atoms with Gasteiger partial charge in [-0.2, -0.15) is 0 Å². The Kier molecular flexibility index (Phi) is 8.69. The Hall–Kier alpha value is -3.09. The number of allylic oxidation sites excluding steroid dienone is 5. The summed E-state index contributed by atoms with van der Waals surface area (Å²) in [4.78, 5) is 8.74. The molecule has 6 heteroatoms. The third kappa shape index (κ3) is 6.24. The number of fused-ring (bicyclic) bond motifs is 1. The first-order valence-corrected chi connectivity index (χ1v) is 11.5. The van der Waals surface area contributed by atoms with E-state index in [1.54, 1.807) is 12.2 Å². The minimum atomic E-state index is -0.0875. The molecule has 2 aromatic rings. The number of hydrogen-bond donors (Lipinski definition) is 3. The number of hydrogen-bond acceptors (Lipinski definition) is 5. The van der Waals surface area contributed by atoms with Crippen LogP contribution in [-0.2, 0) is 6.54 Å². The zero-order valence-electron chi connectivity index (χ0n) is 20.2. The van der Waals surface area contributed by atoms with E-state index in [1.807, 2.05) is 58.6 Å². The van der Waals surface area contributed by atoms with Gasteiger partial charge in [0.25, 0.3) is 0 Å². The van der Waals surface area contributed by atoms with Crippen molar-refractivity contribution in [2.24, 2.45) is 5.92 Å². The van der Waals surface area contributed by atoms with Gasteiger partial charge >= 0.3 is 0 Å². The predicted molar refractivity (Wildman–Crippen MR) is 136 cm³/mol. The molecule has 0 amide bonds. The van der Waals surface area contributed by atoms with Crippen LogP contribution in [0.1, 0.15) is 38.5 Å². The molecule has 0 bridgehead atoms. The van der Waals surface area contributed by atoms with E-state index in [0.717, 1.165) is 41.1 Å². The van der Waals surface area contributed by atoms with Gasteiger partial charge in [-0.15, -0.1) is 0 Å². The molecule has 0 saturated heterocycles. The Balaban J connectivity index is 0.000000221. The number of halogens is 1. The van der Waals surface area contributed by atoms with Crippen molar-refractivity contribution in [2.45, 2.75) is 40.7 Å². The maximum atomic E-state index is 13.7. The average molecular weight is 450 g/mol. The molecule has 2 aromatic heterocycles. The minimum Gasteiger partial charge on any atom is -0.328 e. The normalized spacial score (nSPS) is 17.9. The highest BCUT2D eigenvalue weighted by molar-refractivity contribution is 5.63. The highest BCUT2D eigenvalue weighted by Crippen LogP contribution is 2.48. The highest BCUT2D eigenvalue weighted by atomic mass is 19.1. The van der Waals surface area contributed by atoms with Crippen molar-refractivity contribution in [1.82, 2.24) is 26.1 Å². The fraction of sp³-hybridized carbons (Fsp3) is 0.333. The second-order valence-electron chi connectivity index (χ2n) is 8.01. The Morgan fingerprint density at radius 3 is 2.70 bits per heavy atom. The summed E-state index contributed by atoms with van der Waals surface area (Å²) < 4.78 is 13.7. The number of aryl methyl sites for hydroxylation is 2. The van der Waals surface area contributed by atoms with Crippen molar-refractivity contribution in [2.75, 3.05) is 13.6 Å². The molecule has 0 aromatic carbocycles. The molecule has 1 atom stereocenters. The lowest BCUT2D eigenvalue weighted by Crippen LogP contribution is -2.20. The summed E-state index contributed by atoms with van der Waals surface area (Å²) in [6.45, 7) is 9.65. The molecule has 1 unspecified atom stereocenters. The van der Waals surface area contributed by atoms with Crippen LogP contribution in [-0.4, -0.2) is 23.6 Å². The van der Waals surface area contributed by atoms with Crippen LogP contribution in [0.3, 0.4) is 0 Å². The summed E-state index contributed by atoms with van der Waals surface area (Å²) in [5, 5.41) is 3.13. The van der Waals surface area contributed by atoms with Crippen molar-refractivity contribution >= 4 is 0 Å². The quantitative estimate of drug-likeness (QED) is 0.578. The fourth-order valence-electron chi connectivity index (χ4n) is 3.98. The van der Waals surface area contributed by atoms with Gasteiger partial charge in [0.05, 0.1) is 5.69 Å². The van der Waals surface area contributed by atoms with Crippen LogP contribution in [0.2, 0.25) is 0 Å². The molecule has 3 heterocycles. The van der Waals surface area contributed by atoms with Crippen molar-refractivity contribution < 1.29 is 5.82 Å². The molecule has 3 N–H and O–H groups in total.